The predicted molar refractivity (Wildman–Crippen MR) is 137 cm³/mol. The van der Waals surface area contributed by atoms with Crippen molar-refractivity contribution in [3.63, 3.8) is 0 Å². The maximum atomic E-state index is 3.71. The van der Waals surface area contributed by atoms with Gasteiger partial charge in [-0.05, 0) is 75.1 Å². The van der Waals surface area contributed by atoms with E-state index in [4.69, 9.17) is 0 Å². The van der Waals surface area contributed by atoms with Gasteiger partial charge in [-0.15, -0.1) is 0 Å². The molecule has 1 aromatic heterocycles. The average Bonchev–Trinajstić information content (AvgIpc) is 3.46. The smallest absolute Gasteiger partial charge is 0.0723 e. The fourth-order valence-electron chi connectivity index (χ4n) is 6.84. The number of allylic oxidation sites excluding steroid dienone is 4. The van der Waals surface area contributed by atoms with Gasteiger partial charge in [0.15, 0.2) is 0 Å². The Morgan fingerprint density at radius 3 is 2.30 bits per heavy atom. The highest BCUT2D eigenvalue weighted by atomic mass is 14.7. The van der Waals surface area contributed by atoms with Gasteiger partial charge in [0.25, 0.3) is 0 Å². The Hall–Kier alpha value is -3.84. The molecule has 1 N–H and O–H groups in total. The van der Waals surface area contributed by atoms with Gasteiger partial charge >= 0.3 is 0 Å². The van der Waals surface area contributed by atoms with Gasteiger partial charge in [0.2, 0.25) is 0 Å². The molecule has 2 unspecified atom stereocenters. The number of hydrogen-bond acceptors (Lipinski definition) is 0. The summed E-state index contributed by atoms with van der Waals surface area (Å²) in [7, 11) is 0. The summed E-state index contributed by atoms with van der Waals surface area (Å²) in [4.78, 5) is 3.71. The Kier molecular flexibility index (Phi) is 3.18. The summed E-state index contributed by atoms with van der Waals surface area (Å²) in [5, 5.41) is 2.61. The number of aromatic amines is 1. The lowest BCUT2D eigenvalue weighted by Gasteiger charge is -2.32. The maximum Gasteiger partial charge on any atom is 0.0723 e. The summed E-state index contributed by atoms with van der Waals surface area (Å²) in [6, 6.07) is 31.7. The molecular formula is C32H23N. The molecule has 3 aliphatic rings. The number of benzene rings is 4. The van der Waals surface area contributed by atoms with Crippen LogP contribution in [0.15, 0.2) is 103 Å². The first kappa shape index (κ1) is 17.7. The van der Waals surface area contributed by atoms with Crippen LogP contribution in [0.5, 0.6) is 0 Å². The lowest BCUT2D eigenvalue weighted by Crippen LogP contribution is -2.26. The normalized spacial score (nSPS) is 22.2. The van der Waals surface area contributed by atoms with Crippen LogP contribution in [0.25, 0.3) is 38.5 Å². The van der Waals surface area contributed by atoms with Crippen molar-refractivity contribution in [1.29, 1.82) is 0 Å². The van der Waals surface area contributed by atoms with Crippen molar-refractivity contribution in [1.82, 2.24) is 4.98 Å². The highest BCUT2D eigenvalue weighted by Crippen LogP contribution is 2.65. The minimum absolute atomic E-state index is 0.236. The fourth-order valence-corrected chi connectivity index (χ4v) is 6.84. The molecule has 0 bridgehead atoms. The molecule has 0 amide bonds. The molecule has 0 fully saturated rings. The molecule has 33 heavy (non-hydrogen) atoms. The van der Waals surface area contributed by atoms with E-state index in [0.29, 0.717) is 5.92 Å². The van der Waals surface area contributed by atoms with Crippen molar-refractivity contribution in [2.45, 2.75) is 18.8 Å². The third-order valence-electron chi connectivity index (χ3n) is 8.13. The molecule has 1 heterocycles. The van der Waals surface area contributed by atoms with Crippen LogP contribution in [0, 0.1) is 5.92 Å². The van der Waals surface area contributed by atoms with E-state index in [1.165, 1.54) is 66.3 Å². The molecule has 0 saturated heterocycles. The molecule has 1 nitrogen and oxygen atoms in total. The molecule has 3 aliphatic carbocycles. The zero-order valence-corrected chi connectivity index (χ0v) is 18.5. The zero-order chi connectivity index (χ0) is 21.7. The van der Waals surface area contributed by atoms with E-state index >= 15 is 0 Å². The van der Waals surface area contributed by atoms with Crippen LogP contribution in [0.4, 0.5) is 0 Å². The van der Waals surface area contributed by atoms with Crippen molar-refractivity contribution in [2.75, 3.05) is 0 Å². The Bertz CT molecular complexity index is 1710. The van der Waals surface area contributed by atoms with E-state index in [2.05, 4.69) is 109 Å². The Morgan fingerprint density at radius 2 is 1.42 bits per heavy atom. The molecule has 0 aliphatic heterocycles. The van der Waals surface area contributed by atoms with E-state index in [1.54, 1.807) is 0 Å². The van der Waals surface area contributed by atoms with Crippen LogP contribution in [-0.2, 0) is 5.41 Å². The standard InChI is InChI=1S/C32H23N/c1-19-14-15-28-23(16-19)20-8-2-5-11-26(20)32(28)27-12-6-3-9-21(27)24-17-25-22-10-4-7-13-30(22)33-31(25)18-29(24)32/h2-13,15-19,33H,14H2,1H3. The summed E-state index contributed by atoms with van der Waals surface area (Å²) in [6.45, 7) is 2.33. The molecule has 156 valence electrons. The van der Waals surface area contributed by atoms with Crippen LogP contribution in [0.1, 0.15) is 35.6 Å². The second-order valence-corrected chi connectivity index (χ2v) is 9.87. The topological polar surface area (TPSA) is 15.8 Å². The number of nitrogens with one attached hydrogen (secondary N) is 1. The highest BCUT2D eigenvalue weighted by molar-refractivity contribution is 6.11. The summed E-state index contributed by atoms with van der Waals surface area (Å²) >= 11 is 0. The molecule has 1 heteroatoms. The maximum absolute atomic E-state index is 3.71. The van der Waals surface area contributed by atoms with E-state index in [0.717, 1.165) is 6.42 Å². The summed E-state index contributed by atoms with van der Waals surface area (Å²) < 4.78 is 0. The monoisotopic (exact) mass is 421 g/mol. The van der Waals surface area contributed by atoms with Gasteiger partial charge < -0.3 is 4.98 Å². The first-order valence-electron chi connectivity index (χ1n) is 11.9. The molecule has 1 spiro atoms. The van der Waals surface area contributed by atoms with Crippen LogP contribution in [0.2, 0.25) is 0 Å². The van der Waals surface area contributed by atoms with Gasteiger partial charge in [0, 0.05) is 21.8 Å². The minimum atomic E-state index is -0.236. The first-order valence-corrected chi connectivity index (χ1v) is 11.9. The third kappa shape index (κ3) is 2.00. The molecule has 0 saturated carbocycles. The zero-order valence-electron chi connectivity index (χ0n) is 18.5. The van der Waals surface area contributed by atoms with Crippen LogP contribution in [0.3, 0.4) is 0 Å². The van der Waals surface area contributed by atoms with Gasteiger partial charge in [0.05, 0.1) is 5.41 Å². The van der Waals surface area contributed by atoms with Crippen molar-refractivity contribution < 1.29 is 0 Å². The van der Waals surface area contributed by atoms with Crippen LogP contribution < -0.4 is 0 Å². The lowest BCUT2D eigenvalue weighted by atomic mass is 9.69. The average molecular weight is 422 g/mol. The largest absolute Gasteiger partial charge is 0.355 e. The molecule has 8 rings (SSSR count). The van der Waals surface area contributed by atoms with Crippen molar-refractivity contribution in [3.8, 4) is 11.1 Å². The van der Waals surface area contributed by atoms with Crippen molar-refractivity contribution >= 4 is 27.4 Å². The second kappa shape index (κ2) is 5.94. The van der Waals surface area contributed by atoms with Crippen LogP contribution in [-0.4, -0.2) is 4.98 Å². The van der Waals surface area contributed by atoms with Gasteiger partial charge in [-0.3, -0.25) is 0 Å². The van der Waals surface area contributed by atoms with Crippen molar-refractivity contribution in [3.05, 3.63) is 125 Å². The third-order valence-corrected chi connectivity index (χ3v) is 8.13. The Morgan fingerprint density at radius 1 is 0.697 bits per heavy atom. The number of fused-ring (bicyclic) bond motifs is 13. The summed E-state index contributed by atoms with van der Waals surface area (Å²) in [5.41, 5.74) is 13.5. The van der Waals surface area contributed by atoms with Gasteiger partial charge in [-0.1, -0.05) is 85.8 Å². The quantitative estimate of drug-likeness (QED) is 0.261. The van der Waals surface area contributed by atoms with Gasteiger partial charge in [0.1, 0.15) is 0 Å². The Balaban J connectivity index is 1.57. The number of aromatic nitrogens is 1. The molecule has 0 radical (unpaired) electrons. The van der Waals surface area contributed by atoms with E-state index in [9.17, 15) is 0 Å². The molecular weight excluding hydrogens is 398 g/mol. The fraction of sp³-hybridized carbons (Fsp3) is 0.125. The van der Waals surface area contributed by atoms with Crippen LogP contribution >= 0.6 is 0 Å². The van der Waals surface area contributed by atoms with E-state index < -0.39 is 0 Å². The van der Waals surface area contributed by atoms with E-state index in [1.807, 2.05) is 0 Å². The van der Waals surface area contributed by atoms with Gasteiger partial charge in [-0.2, -0.15) is 0 Å². The molecule has 2 atom stereocenters. The molecule has 4 aromatic carbocycles. The lowest BCUT2D eigenvalue weighted by molar-refractivity contribution is 0.711. The minimum Gasteiger partial charge on any atom is -0.355 e. The number of rotatable bonds is 0. The summed E-state index contributed by atoms with van der Waals surface area (Å²) in [6.07, 6.45) is 6.13. The summed E-state index contributed by atoms with van der Waals surface area (Å²) in [5.74, 6) is 0.569. The van der Waals surface area contributed by atoms with E-state index in [-0.39, 0.29) is 5.41 Å². The molecule has 5 aromatic rings. The second-order valence-electron chi connectivity index (χ2n) is 9.87. The number of H-pyrrole nitrogens is 1. The Labute approximate surface area is 193 Å². The SMILES string of the molecule is CC1C=C2C(=CC1)C1(c3ccccc32)c2ccccc2-c2cc3c(cc21)[nH]c1ccccc13. The number of para-hydroxylation sites is 1. The number of hydrogen-bond donors (Lipinski definition) is 1. The van der Waals surface area contributed by atoms with Crippen molar-refractivity contribution in [2.24, 2.45) is 5.92 Å². The highest BCUT2D eigenvalue weighted by Gasteiger charge is 2.53. The predicted octanol–water partition coefficient (Wildman–Crippen LogP) is 8.00. The van der Waals surface area contributed by atoms with Gasteiger partial charge in [-0.25, -0.2) is 0 Å². The first-order chi connectivity index (χ1) is 16.3.